The van der Waals surface area contributed by atoms with Crippen molar-refractivity contribution in [3.05, 3.63) is 23.8 Å². The van der Waals surface area contributed by atoms with Gasteiger partial charge in [0.25, 0.3) is 5.91 Å². The van der Waals surface area contributed by atoms with Crippen molar-refractivity contribution in [2.75, 3.05) is 37.6 Å². The lowest BCUT2D eigenvalue weighted by Gasteiger charge is -2.37. The number of carbonyl (C=O) groups excluding carboxylic acids is 1. The molecule has 0 aromatic heterocycles. The monoisotopic (exact) mass is 262 g/mol. The van der Waals surface area contributed by atoms with Gasteiger partial charge in [0.2, 0.25) is 0 Å². The quantitative estimate of drug-likeness (QED) is 0.780. The van der Waals surface area contributed by atoms with Gasteiger partial charge in [-0.25, -0.2) is 0 Å². The third-order valence-electron chi connectivity index (χ3n) is 3.64. The van der Waals surface area contributed by atoms with Gasteiger partial charge in [0, 0.05) is 43.6 Å². The molecule has 5 nitrogen and oxygen atoms in total. The number of hydrogen-bond donors (Lipinski definition) is 2. The second kappa shape index (κ2) is 5.48. The maximum Gasteiger partial charge on any atom is 0.256 e. The van der Waals surface area contributed by atoms with Crippen molar-refractivity contribution in [2.45, 2.75) is 19.9 Å². The Morgan fingerprint density at radius 1 is 1.16 bits per heavy atom. The first-order chi connectivity index (χ1) is 8.99. The molecule has 0 bridgehead atoms. The van der Waals surface area contributed by atoms with E-state index in [1.54, 1.807) is 18.2 Å². The van der Waals surface area contributed by atoms with Crippen molar-refractivity contribution in [1.29, 1.82) is 0 Å². The molecule has 1 aliphatic heterocycles. The highest BCUT2D eigenvalue weighted by Gasteiger charge is 2.24. The van der Waals surface area contributed by atoms with E-state index in [0.29, 0.717) is 23.0 Å². The SMILES string of the molecule is CC(C)N1CCN(C(=O)c2ccc(N)cc2N)CC1. The highest BCUT2D eigenvalue weighted by molar-refractivity contribution is 5.99. The minimum absolute atomic E-state index is 0.000839. The molecule has 2 rings (SSSR count). The second-order valence-corrected chi connectivity index (χ2v) is 5.27. The van der Waals surface area contributed by atoms with Crippen LogP contribution < -0.4 is 11.5 Å². The van der Waals surface area contributed by atoms with Crippen molar-refractivity contribution < 1.29 is 4.79 Å². The molecule has 0 unspecified atom stereocenters. The predicted octanol–water partition coefficient (Wildman–Crippen LogP) is 1.02. The number of piperazine rings is 1. The minimum atomic E-state index is 0.000839. The number of carbonyl (C=O) groups is 1. The van der Waals surface area contributed by atoms with Crippen LogP contribution in [0.2, 0.25) is 0 Å². The summed E-state index contributed by atoms with van der Waals surface area (Å²) >= 11 is 0. The molecule has 4 N–H and O–H groups in total. The molecule has 0 radical (unpaired) electrons. The molecular formula is C14H22N4O. The largest absolute Gasteiger partial charge is 0.399 e. The van der Waals surface area contributed by atoms with E-state index in [2.05, 4.69) is 18.7 Å². The average Bonchev–Trinajstić information content (AvgIpc) is 2.38. The molecule has 1 heterocycles. The lowest BCUT2D eigenvalue weighted by molar-refractivity contribution is 0.0596. The number of benzene rings is 1. The van der Waals surface area contributed by atoms with Crippen LogP contribution in [0.4, 0.5) is 11.4 Å². The Balaban J connectivity index is 2.05. The highest BCUT2D eigenvalue weighted by Crippen LogP contribution is 2.18. The van der Waals surface area contributed by atoms with E-state index in [1.165, 1.54) is 0 Å². The smallest absolute Gasteiger partial charge is 0.256 e. The number of hydrogen-bond acceptors (Lipinski definition) is 4. The van der Waals surface area contributed by atoms with E-state index in [4.69, 9.17) is 11.5 Å². The molecule has 0 aliphatic carbocycles. The third-order valence-corrected chi connectivity index (χ3v) is 3.64. The fourth-order valence-corrected chi connectivity index (χ4v) is 2.39. The highest BCUT2D eigenvalue weighted by atomic mass is 16.2. The van der Waals surface area contributed by atoms with Crippen LogP contribution in [0.1, 0.15) is 24.2 Å². The summed E-state index contributed by atoms with van der Waals surface area (Å²) in [6.45, 7) is 7.68. The van der Waals surface area contributed by atoms with Crippen LogP contribution in [-0.2, 0) is 0 Å². The van der Waals surface area contributed by atoms with Crippen LogP contribution in [0.25, 0.3) is 0 Å². The van der Waals surface area contributed by atoms with Crippen LogP contribution in [0, 0.1) is 0 Å². The van der Waals surface area contributed by atoms with Crippen molar-refractivity contribution in [3.63, 3.8) is 0 Å². The Bertz CT molecular complexity index is 465. The second-order valence-electron chi connectivity index (χ2n) is 5.27. The summed E-state index contributed by atoms with van der Waals surface area (Å²) in [6.07, 6.45) is 0. The molecule has 0 atom stereocenters. The summed E-state index contributed by atoms with van der Waals surface area (Å²) in [5, 5.41) is 0. The summed E-state index contributed by atoms with van der Waals surface area (Å²) in [5.41, 5.74) is 13.1. The predicted molar refractivity (Wildman–Crippen MR) is 77.9 cm³/mol. The minimum Gasteiger partial charge on any atom is -0.399 e. The van der Waals surface area contributed by atoms with Gasteiger partial charge in [0.15, 0.2) is 0 Å². The van der Waals surface area contributed by atoms with Gasteiger partial charge in [-0.3, -0.25) is 9.69 Å². The number of anilines is 2. The zero-order valence-corrected chi connectivity index (χ0v) is 11.6. The standard InChI is InChI=1S/C14H22N4O/c1-10(2)17-5-7-18(8-6-17)14(19)12-4-3-11(15)9-13(12)16/h3-4,9-10H,5-8,15-16H2,1-2H3. The normalized spacial score (nSPS) is 16.9. The average molecular weight is 262 g/mol. The molecule has 19 heavy (non-hydrogen) atoms. The van der Waals surface area contributed by atoms with Crippen LogP contribution in [0.3, 0.4) is 0 Å². The molecule has 0 saturated carbocycles. The Hall–Kier alpha value is -1.75. The van der Waals surface area contributed by atoms with Crippen LogP contribution in [0.15, 0.2) is 18.2 Å². The molecule has 1 aromatic carbocycles. The molecule has 1 amide bonds. The van der Waals surface area contributed by atoms with E-state index < -0.39 is 0 Å². The number of nitrogen functional groups attached to an aromatic ring is 2. The summed E-state index contributed by atoms with van der Waals surface area (Å²) in [6, 6.07) is 5.59. The molecule has 1 fully saturated rings. The molecule has 0 spiro atoms. The van der Waals surface area contributed by atoms with E-state index in [1.807, 2.05) is 4.90 Å². The van der Waals surface area contributed by atoms with E-state index >= 15 is 0 Å². The molecule has 5 heteroatoms. The molecule has 1 aliphatic rings. The topological polar surface area (TPSA) is 75.6 Å². The van der Waals surface area contributed by atoms with Gasteiger partial charge < -0.3 is 16.4 Å². The maximum atomic E-state index is 12.4. The molecule has 104 valence electrons. The van der Waals surface area contributed by atoms with Crippen molar-refractivity contribution in [2.24, 2.45) is 0 Å². The van der Waals surface area contributed by atoms with Gasteiger partial charge in [-0.15, -0.1) is 0 Å². The van der Waals surface area contributed by atoms with E-state index in [-0.39, 0.29) is 5.91 Å². The number of nitrogens with two attached hydrogens (primary N) is 2. The zero-order chi connectivity index (χ0) is 14.0. The number of rotatable bonds is 2. The molecule has 1 saturated heterocycles. The van der Waals surface area contributed by atoms with Crippen molar-refractivity contribution in [3.8, 4) is 0 Å². The van der Waals surface area contributed by atoms with Crippen LogP contribution >= 0.6 is 0 Å². The first kappa shape index (κ1) is 13.7. The fraction of sp³-hybridized carbons (Fsp3) is 0.500. The van der Waals surface area contributed by atoms with E-state index in [9.17, 15) is 4.79 Å². The van der Waals surface area contributed by atoms with Gasteiger partial charge in [0.05, 0.1) is 5.56 Å². The molecule has 1 aromatic rings. The van der Waals surface area contributed by atoms with Crippen LogP contribution in [0.5, 0.6) is 0 Å². The van der Waals surface area contributed by atoms with Gasteiger partial charge in [-0.05, 0) is 32.0 Å². The summed E-state index contributed by atoms with van der Waals surface area (Å²) in [7, 11) is 0. The summed E-state index contributed by atoms with van der Waals surface area (Å²) in [5.74, 6) is 0.000839. The maximum absolute atomic E-state index is 12.4. The zero-order valence-electron chi connectivity index (χ0n) is 11.6. The first-order valence-electron chi connectivity index (χ1n) is 6.67. The van der Waals surface area contributed by atoms with Gasteiger partial charge in [-0.1, -0.05) is 0 Å². The fourth-order valence-electron chi connectivity index (χ4n) is 2.39. The third kappa shape index (κ3) is 2.98. The van der Waals surface area contributed by atoms with E-state index in [0.717, 1.165) is 26.2 Å². The Kier molecular flexibility index (Phi) is 3.95. The number of amides is 1. The summed E-state index contributed by atoms with van der Waals surface area (Å²) in [4.78, 5) is 16.6. The Morgan fingerprint density at radius 3 is 2.32 bits per heavy atom. The van der Waals surface area contributed by atoms with Crippen molar-refractivity contribution >= 4 is 17.3 Å². The Morgan fingerprint density at radius 2 is 1.79 bits per heavy atom. The first-order valence-corrected chi connectivity index (χ1v) is 6.67. The lowest BCUT2D eigenvalue weighted by atomic mass is 10.1. The lowest BCUT2D eigenvalue weighted by Crippen LogP contribution is -2.50. The van der Waals surface area contributed by atoms with Gasteiger partial charge >= 0.3 is 0 Å². The van der Waals surface area contributed by atoms with Gasteiger partial charge in [-0.2, -0.15) is 0 Å². The Labute approximate surface area is 114 Å². The van der Waals surface area contributed by atoms with Crippen LogP contribution in [-0.4, -0.2) is 47.9 Å². The number of nitrogens with zero attached hydrogens (tertiary/aromatic N) is 2. The van der Waals surface area contributed by atoms with Gasteiger partial charge in [0.1, 0.15) is 0 Å². The molecular weight excluding hydrogens is 240 g/mol. The van der Waals surface area contributed by atoms with Crippen molar-refractivity contribution in [1.82, 2.24) is 9.80 Å². The summed E-state index contributed by atoms with van der Waals surface area (Å²) < 4.78 is 0.